The van der Waals surface area contributed by atoms with Crippen molar-refractivity contribution < 1.29 is 4.79 Å². The zero-order valence-electron chi connectivity index (χ0n) is 7.52. The second-order valence-electron chi connectivity index (χ2n) is 2.93. The molecule has 0 N–H and O–H groups in total. The first-order chi connectivity index (χ1) is 7.19. The number of rotatable bonds is 2. The summed E-state index contributed by atoms with van der Waals surface area (Å²) in [7, 11) is 0. The van der Waals surface area contributed by atoms with Crippen molar-refractivity contribution in [1.29, 1.82) is 0 Å². The highest BCUT2D eigenvalue weighted by Crippen LogP contribution is 2.21. The van der Waals surface area contributed by atoms with Crippen LogP contribution in [0, 0.1) is 0 Å². The summed E-state index contributed by atoms with van der Waals surface area (Å²) in [4.78, 5) is 10.5. The molecule has 0 aliphatic heterocycles. The van der Waals surface area contributed by atoms with Gasteiger partial charge in [-0.15, -0.1) is 0 Å². The average molecular weight is 241 g/mol. The molecule has 0 amide bonds. The second-order valence-corrected chi connectivity index (χ2v) is 3.80. The number of hydrogen-bond donors (Lipinski definition) is 0. The van der Waals surface area contributed by atoms with Gasteiger partial charge in [-0.25, -0.2) is 4.68 Å². The van der Waals surface area contributed by atoms with Crippen molar-refractivity contribution in [3.05, 3.63) is 46.2 Å². The summed E-state index contributed by atoms with van der Waals surface area (Å²) >= 11 is 11.7. The van der Waals surface area contributed by atoms with Gasteiger partial charge >= 0.3 is 0 Å². The van der Waals surface area contributed by atoms with E-state index in [0.717, 1.165) is 5.69 Å². The van der Waals surface area contributed by atoms with Gasteiger partial charge in [0, 0.05) is 16.2 Å². The number of aromatic nitrogens is 2. The van der Waals surface area contributed by atoms with Crippen LogP contribution < -0.4 is 0 Å². The lowest BCUT2D eigenvalue weighted by Crippen LogP contribution is -1.95. The summed E-state index contributed by atoms with van der Waals surface area (Å²) in [6, 6.07) is 6.68. The van der Waals surface area contributed by atoms with Crippen LogP contribution >= 0.6 is 23.2 Å². The minimum atomic E-state index is 0.367. The van der Waals surface area contributed by atoms with Gasteiger partial charge in [-0.1, -0.05) is 23.2 Å². The zero-order chi connectivity index (χ0) is 10.8. The van der Waals surface area contributed by atoms with Crippen LogP contribution in [0.5, 0.6) is 0 Å². The molecule has 1 aromatic heterocycles. The predicted octanol–water partition coefficient (Wildman–Crippen LogP) is 2.99. The van der Waals surface area contributed by atoms with E-state index in [1.807, 2.05) is 0 Å². The molecule has 0 saturated carbocycles. The van der Waals surface area contributed by atoms with E-state index in [1.54, 1.807) is 35.1 Å². The van der Waals surface area contributed by atoms with Gasteiger partial charge in [0.2, 0.25) is 0 Å². The smallest absolute Gasteiger partial charge is 0.170 e. The third-order valence-corrected chi connectivity index (χ3v) is 2.28. The van der Waals surface area contributed by atoms with E-state index in [0.29, 0.717) is 22.0 Å². The number of carbonyl (C=O) groups excluding carboxylic acids is 1. The van der Waals surface area contributed by atoms with Gasteiger partial charge in [0.1, 0.15) is 5.69 Å². The number of benzene rings is 1. The zero-order valence-corrected chi connectivity index (χ0v) is 9.03. The third kappa shape index (κ3) is 2.19. The van der Waals surface area contributed by atoms with E-state index in [2.05, 4.69) is 5.10 Å². The van der Waals surface area contributed by atoms with Crippen molar-refractivity contribution >= 4 is 29.5 Å². The SMILES string of the molecule is O=Cc1ccn(-c2cc(Cl)cc(Cl)c2)n1. The first kappa shape index (κ1) is 10.2. The third-order valence-electron chi connectivity index (χ3n) is 1.84. The lowest BCUT2D eigenvalue weighted by atomic mass is 10.3. The molecule has 0 unspecified atom stereocenters. The van der Waals surface area contributed by atoms with E-state index < -0.39 is 0 Å². The minimum Gasteiger partial charge on any atom is -0.296 e. The predicted molar refractivity (Wildman–Crippen MR) is 59.0 cm³/mol. The molecule has 76 valence electrons. The highest BCUT2D eigenvalue weighted by atomic mass is 35.5. The molecule has 0 bridgehead atoms. The molecule has 0 spiro atoms. The molecule has 1 aromatic carbocycles. The van der Waals surface area contributed by atoms with E-state index in [9.17, 15) is 4.79 Å². The number of aldehydes is 1. The van der Waals surface area contributed by atoms with Gasteiger partial charge in [-0.3, -0.25) is 4.79 Å². The number of halogens is 2. The Hall–Kier alpha value is -1.32. The van der Waals surface area contributed by atoms with Gasteiger partial charge in [0.05, 0.1) is 5.69 Å². The summed E-state index contributed by atoms with van der Waals surface area (Å²) in [6.45, 7) is 0. The second kappa shape index (κ2) is 4.04. The topological polar surface area (TPSA) is 34.9 Å². The highest BCUT2D eigenvalue weighted by Gasteiger charge is 2.02. The monoisotopic (exact) mass is 240 g/mol. The molecular weight excluding hydrogens is 235 g/mol. The number of hydrogen-bond acceptors (Lipinski definition) is 2. The summed E-state index contributed by atoms with van der Waals surface area (Å²) in [6.07, 6.45) is 2.36. The van der Waals surface area contributed by atoms with Crippen LogP contribution in [0.2, 0.25) is 10.0 Å². The van der Waals surface area contributed by atoms with Gasteiger partial charge in [-0.2, -0.15) is 5.10 Å². The fourth-order valence-corrected chi connectivity index (χ4v) is 1.73. The van der Waals surface area contributed by atoms with E-state index in [4.69, 9.17) is 23.2 Å². The molecule has 0 aliphatic carbocycles. The summed E-state index contributed by atoms with van der Waals surface area (Å²) < 4.78 is 1.54. The Labute approximate surface area is 96.2 Å². The van der Waals surface area contributed by atoms with Crippen LogP contribution in [0.3, 0.4) is 0 Å². The van der Waals surface area contributed by atoms with Crippen LogP contribution in [-0.2, 0) is 0 Å². The van der Waals surface area contributed by atoms with Crippen molar-refractivity contribution in [2.45, 2.75) is 0 Å². The van der Waals surface area contributed by atoms with Crippen molar-refractivity contribution in [3.63, 3.8) is 0 Å². The van der Waals surface area contributed by atoms with E-state index >= 15 is 0 Å². The van der Waals surface area contributed by atoms with Crippen LogP contribution in [0.15, 0.2) is 30.5 Å². The van der Waals surface area contributed by atoms with Crippen molar-refractivity contribution in [1.82, 2.24) is 9.78 Å². The Balaban J connectivity index is 2.48. The quantitative estimate of drug-likeness (QED) is 0.757. The van der Waals surface area contributed by atoms with Crippen molar-refractivity contribution in [2.24, 2.45) is 0 Å². The van der Waals surface area contributed by atoms with Gasteiger partial charge in [0.15, 0.2) is 6.29 Å². The van der Waals surface area contributed by atoms with Crippen LogP contribution in [0.25, 0.3) is 5.69 Å². The molecule has 0 atom stereocenters. The highest BCUT2D eigenvalue weighted by molar-refractivity contribution is 6.34. The molecule has 2 aromatic rings. The molecule has 5 heteroatoms. The Morgan fingerprint density at radius 3 is 2.40 bits per heavy atom. The molecular formula is C10H6Cl2N2O. The molecule has 15 heavy (non-hydrogen) atoms. The van der Waals surface area contributed by atoms with E-state index in [1.165, 1.54) is 0 Å². The molecule has 1 heterocycles. The molecule has 3 nitrogen and oxygen atoms in total. The molecule has 2 rings (SSSR count). The lowest BCUT2D eigenvalue weighted by Gasteiger charge is -2.02. The Morgan fingerprint density at radius 1 is 1.20 bits per heavy atom. The Kier molecular flexibility index (Phi) is 2.75. The molecule has 0 aliphatic rings. The van der Waals surface area contributed by atoms with Crippen molar-refractivity contribution in [2.75, 3.05) is 0 Å². The summed E-state index contributed by atoms with van der Waals surface area (Å²) in [5, 5.41) is 5.07. The molecule has 0 radical (unpaired) electrons. The van der Waals surface area contributed by atoms with E-state index in [-0.39, 0.29) is 0 Å². The largest absolute Gasteiger partial charge is 0.296 e. The number of nitrogens with zero attached hydrogens (tertiary/aromatic N) is 2. The fraction of sp³-hybridized carbons (Fsp3) is 0. The van der Waals surface area contributed by atoms with Gasteiger partial charge in [-0.05, 0) is 24.3 Å². The minimum absolute atomic E-state index is 0.367. The first-order valence-electron chi connectivity index (χ1n) is 4.16. The Bertz CT molecular complexity index is 488. The van der Waals surface area contributed by atoms with Crippen LogP contribution in [0.1, 0.15) is 10.5 Å². The fourth-order valence-electron chi connectivity index (χ4n) is 1.22. The van der Waals surface area contributed by atoms with Gasteiger partial charge < -0.3 is 0 Å². The summed E-state index contributed by atoms with van der Waals surface area (Å²) in [5.74, 6) is 0. The van der Waals surface area contributed by atoms with Crippen molar-refractivity contribution in [3.8, 4) is 5.69 Å². The first-order valence-corrected chi connectivity index (χ1v) is 4.92. The maximum Gasteiger partial charge on any atom is 0.170 e. The number of carbonyl (C=O) groups is 1. The van der Waals surface area contributed by atoms with Crippen LogP contribution in [0.4, 0.5) is 0 Å². The Morgan fingerprint density at radius 2 is 1.87 bits per heavy atom. The lowest BCUT2D eigenvalue weighted by molar-refractivity contribution is 0.111. The van der Waals surface area contributed by atoms with Gasteiger partial charge in [0.25, 0.3) is 0 Å². The van der Waals surface area contributed by atoms with Crippen LogP contribution in [-0.4, -0.2) is 16.1 Å². The molecule has 0 saturated heterocycles. The summed E-state index contributed by atoms with van der Waals surface area (Å²) in [5.41, 5.74) is 1.09. The maximum atomic E-state index is 10.5. The standard InChI is InChI=1S/C10H6Cl2N2O/c11-7-3-8(12)5-10(4-7)14-2-1-9(6-15)13-14/h1-6H. The average Bonchev–Trinajstić information content (AvgIpc) is 2.64. The maximum absolute atomic E-state index is 10.5. The normalized spacial score (nSPS) is 10.3. The molecule has 0 fully saturated rings.